The number of carbonyl (C=O) groups excluding carboxylic acids is 1. The number of likely N-dealkylation sites (tertiary alicyclic amines) is 1. The topological polar surface area (TPSA) is 32.3 Å². The van der Waals surface area contributed by atoms with Crippen molar-refractivity contribution in [3.05, 3.63) is 63.6 Å². The largest absolute Gasteiger partial charge is 0.324 e. The Morgan fingerprint density at radius 2 is 1.88 bits per heavy atom. The lowest BCUT2D eigenvalue weighted by molar-refractivity contribution is -0.121. The highest BCUT2D eigenvalue weighted by atomic mass is 35.5. The van der Waals surface area contributed by atoms with Gasteiger partial charge in [-0.1, -0.05) is 47.5 Å². The average molecular weight is 377 g/mol. The van der Waals surface area contributed by atoms with Gasteiger partial charge in [-0.15, -0.1) is 0 Å². The van der Waals surface area contributed by atoms with E-state index in [4.69, 9.17) is 23.2 Å². The number of halogens is 2. The van der Waals surface area contributed by atoms with Gasteiger partial charge in [-0.2, -0.15) is 0 Å². The summed E-state index contributed by atoms with van der Waals surface area (Å²) in [4.78, 5) is 14.9. The number of benzene rings is 2. The molecule has 0 aliphatic carbocycles. The molecule has 0 unspecified atom stereocenters. The fourth-order valence-electron chi connectivity index (χ4n) is 3.21. The van der Waals surface area contributed by atoms with E-state index in [9.17, 15) is 4.79 Å². The summed E-state index contributed by atoms with van der Waals surface area (Å²) in [6, 6.07) is 13.6. The Hall–Kier alpha value is -1.55. The molecule has 0 spiro atoms. The van der Waals surface area contributed by atoms with Crippen LogP contribution in [-0.2, 0) is 11.3 Å². The lowest BCUT2D eigenvalue weighted by Crippen LogP contribution is -2.37. The molecular formula is C20H22Cl2N2O. The second-order valence-electron chi connectivity index (χ2n) is 6.59. The number of nitrogens with zero attached hydrogens (tertiary/aromatic N) is 1. The summed E-state index contributed by atoms with van der Waals surface area (Å²) in [5.74, 6) is 0.0443. The summed E-state index contributed by atoms with van der Waals surface area (Å²) in [5.41, 5.74) is 3.26. The molecule has 3 nitrogen and oxygen atoms in total. The zero-order valence-electron chi connectivity index (χ0n) is 14.3. The monoisotopic (exact) mass is 376 g/mol. The van der Waals surface area contributed by atoms with Crippen LogP contribution in [0.5, 0.6) is 0 Å². The number of rotatable bonds is 4. The number of nitrogens with one attached hydrogen (secondary N) is 1. The van der Waals surface area contributed by atoms with Crippen LogP contribution in [0.15, 0.2) is 42.5 Å². The summed E-state index contributed by atoms with van der Waals surface area (Å²) in [5, 5.41) is 3.99. The maximum Gasteiger partial charge on any atom is 0.227 e. The van der Waals surface area contributed by atoms with Gasteiger partial charge in [0.2, 0.25) is 5.91 Å². The van der Waals surface area contributed by atoms with E-state index in [0.717, 1.165) is 32.5 Å². The summed E-state index contributed by atoms with van der Waals surface area (Å²) >= 11 is 12.1. The van der Waals surface area contributed by atoms with Crippen molar-refractivity contribution < 1.29 is 4.79 Å². The van der Waals surface area contributed by atoms with E-state index in [0.29, 0.717) is 15.7 Å². The molecule has 0 bridgehead atoms. The van der Waals surface area contributed by atoms with Crippen LogP contribution in [0.3, 0.4) is 0 Å². The van der Waals surface area contributed by atoms with Gasteiger partial charge in [0.15, 0.2) is 0 Å². The third-order valence-corrected chi connectivity index (χ3v) is 5.36. The van der Waals surface area contributed by atoms with Gasteiger partial charge in [-0.05, 0) is 62.2 Å². The zero-order valence-corrected chi connectivity index (χ0v) is 15.8. The molecule has 132 valence electrons. The number of carbonyl (C=O) groups is 1. The highest BCUT2D eigenvalue weighted by molar-refractivity contribution is 6.35. The number of amides is 1. The van der Waals surface area contributed by atoms with E-state index < -0.39 is 0 Å². The van der Waals surface area contributed by atoms with Crippen molar-refractivity contribution in [3.63, 3.8) is 0 Å². The fraction of sp³-hybridized carbons (Fsp3) is 0.350. The molecule has 1 aliphatic heterocycles. The lowest BCUT2D eigenvalue weighted by Gasteiger charge is -2.31. The van der Waals surface area contributed by atoms with Gasteiger partial charge in [0.05, 0.1) is 10.7 Å². The van der Waals surface area contributed by atoms with Crippen LogP contribution in [0, 0.1) is 12.8 Å². The van der Waals surface area contributed by atoms with Gasteiger partial charge < -0.3 is 5.32 Å². The first-order valence-electron chi connectivity index (χ1n) is 8.55. The number of anilines is 1. The molecule has 1 heterocycles. The molecule has 1 fully saturated rings. The zero-order chi connectivity index (χ0) is 17.8. The number of piperidine rings is 1. The number of aryl methyl sites for hydroxylation is 1. The lowest BCUT2D eigenvalue weighted by atomic mass is 9.95. The Morgan fingerprint density at radius 3 is 2.60 bits per heavy atom. The molecule has 0 aromatic heterocycles. The van der Waals surface area contributed by atoms with Crippen LogP contribution in [0.2, 0.25) is 10.0 Å². The van der Waals surface area contributed by atoms with Crippen LogP contribution in [0.4, 0.5) is 5.69 Å². The van der Waals surface area contributed by atoms with Gasteiger partial charge >= 0.3 is 0 Å². The van der Waals surface area contributed by atoms with Gasteiger partial charge in [-0.25, -0.2) is 0 Å². The van der Waals surface area contributed by atoms with Crippen molar-refractivity contribution in [2.75, 3.05) is 18.4 Å². The highest BCUT2D eigenvalue weighted by Crippen LogP contribution is 2.27. The molecule has 0 saturated carbocycles. The average Bonchev–Trinajstić information content (AvgIpc) is 2.61. The predicted octanol–water partition coefficient (Wildman–Crippen LogP) is 5.15. The van der Waals surface area contributed by atoms with Gasteiger partial charge in [0, 0.05) is 17.5 Å². The smallest absolute Gasteiger partial charge is 0.227 e. The summed E-state index contributed by atoms with van der Waals surface area (Å²) in [6.07, 6.45) is 1.71. The van der Waals surface area contributed by atoms with Crippen molar-refractivity contribution in [1.29, 1.82) is 0 Å². The molecule has 1 N–H and O–H groups in total. The van der Waals surface area contributed by atoms with E-state index >= 15 is 0 Å². The maximum atomic E-state index is 12.5. The second-order valence-corrected chi connectivity index (χ2v) is 7.43. The summed E-state index contributed by atoms with van der Waals surface area (Å²) in [7, 11) is 0. The van der Waals surface area contributed by atoms with E-state index in [1.54, 1.807) is 18.2 Å². The van der Waals surface area contributed by atoms with Crippen molar-refractivity contribution in [2.24, 2.45) is 5.92 Å². The third-order valence-electron chi connectivity index (χ3n) is 4.80. The Balaban J connectivity index is 1.54. The second kappa shape index (κ2) is 8.22. The van der Waals surface area contributed by atoms with Gasteiger partial charge in [-0.3, -0.25) is 9.69 Å². The molecule has 0 atom stereocenters. The molecule has 5 heteroatoms. The molecule has 25 heavy (non-hydrogen) atoms. The molecule has 3 rings (SSSR count). The standard InChI is InChI=1S/C20H22Cl2N2O/c1-14-4-2-3-5-16(14)13-24-10-8-15(9-11-24)20(25)23-19-12-17(21)6-7-18(19)22/h2-7,12,15H,8-11,13H2,1H3,(H,23,25). The first-order valence-corrected chi connectivity index (χ1v) is 9.31. The first kappa shape index (κ1) is 18.2. The molecule has 2 aromatic carbocycles. The molecular weight excluding hydrogens is 355 g/mol. The third kappa shape index (κ3) is 4.75. The van der Waals surface area contributed by atoms with E-state index in [2.05, 4.69) is 41.4 Å². The van der Waals surface area contributed by atoms with Crippen molar-refractivity contribution in [3.8, 4) is 0 Å². The van der Waals surface area contributed by atoms with Crippen LogP contribution in [-0.4, -0.2) is 23.9 Å². The predicted molar refractivity (Wildman–Crippen MR) is 104 cm³/mol. The minimum atomic E-state index is 0.0168. The van der Waals surface area contributed by atoms with E-state index in [1.165, 1.54) is 11.1 Å². The fourth-order valence-corrected chi connectivity index (χ4v) is 3.55. The van der Waals surface area contributed by atoms with Gasteiger partial charge in [0.25, 0.3) is 0 Å². The summed E-state index contributed by atoms with van der Waals surface area (Å²) in [6.45, 7) is 4.94. The van der Waals surface area contributed by atoms with Crippen LogP contribution >= 0.6 is 23.2 Å². The minimum absolute atomic E-state index is 0.0168. The minimum Gasteiger partial charge on any atom is -0.324 e. The Bertz CT molecular complexity index is 755. The Kier molecular flexibility index (Phi) is 6.00. The molecule has 1 aliphatic rings. The highest BCUT2D eigenvalue weighted by Gasteiger charge is 2.25. The molecule has 2 aromatic rings. The normalized spacial score (nSPS) is 16.0. The maximum absolute atomic E-state index is 12.5. The van der Waals surface area contributed by atoms with Crippen LogP contribution in [0.1, 0.15) is 24.0 Å². The first-order chi connectivity index (χ1) is 12.0. The quantitative estimate of drug-likeness (QED) is 0.799. The SMILES string of the molecule is Cc1ccccc1CN1CCC(C(=O)Nc2cc(Cl)ccc2Cl)CC1. The van der Waals surface area contributed by atoms with Crippen molar-refractivity contribution >= 4 is 34.8 Å². The van der Waals surface area contributed by atoms with E-state index in [1.807, 2.05) is 0 Å². The Morgan fingerprint density at radius 1 is 1.16 bits per heavy atom. The van der Waals surface area contributed by atoms with E-state index in [-0.39, 0.29) is 11.8 Å². The van der Waals surface area contributed by atoms with Crippen molar-refractivity contribution in [1.82, 2.24) is 4.90 Å². The molecule has 1 saturated heterocycles. The number of hydrogen-bond acceptors (Lipinski definition) is 2. The summed E-state index contributed by atoms with van der Waals surface area (Å²) < 4.78 is 0. The molecule has 1 amide bonds. The Labute approximate surface area is 158 Å². The van der Waals surface area contributed by atoms with Crippen LogP contribution in [0.25, 0.3) is 0 Å². The van der Waals surface area contributed by atoms with Crippen LogP contribution < -0.4 is 5.32 Å². The number of hydrogen-bond donors (Lipinski definition) is 1. The molecule has 0 radical (unpaired) electrons. The van der Waals surface area contributed by atoms with Gasteiger partial charge in [0.1, 0.15) is 0 Å². The van der Waals surface area contributed by atoms with Crippen molar-refractivity contribution in [2.45, 2.75) is 26.3 Å².